The number of carbonyl (C=O) groups is 2. The molecule has 2 N–H and O–H groups in total. The number of halogens is 1. The second-order valence-corrected chi connectivity index (χ2v) is 10.4. The third kappa shape index (κ3) is 6.15. The van der Waals surface area contributed by atoms with Gasteiger partial charge in [-0.1, -0.05) is 6.07 Å². The Balaban J connectivity index is 1.26. The number of hydrogen-bond acceptors (Lipinski definition) is 8. The molecule has 0 atom stereocenters. The first kappa shape index (κ1) is 28.6. The number of morpholine rings is 1. The number of anilines is 3. The fraction of sp³-hybridized carbons (Fsp3) is 0.188. The van der Waals surface area contributed by atoms with Gasteiger partial charge >= 0.3 is 6.03 Å². The van der Waals surface area contributed by atoms with Crippen LogP contribution >= 0.6 is 0 Å². The van der Waals surface area contributed by atoms with Crippen LogP contribution in [0.1, 0.15) is 10.4 Å². The Morgan fingerprint density at radius 1 is 0.864 bits per heavy atom. The number of hydrogen-bond donors (Lipinski definition) is 2. The third-order valence-corrected chi connectivity index (χ3v) is 7.18. The van der Waals surface area contributed by atoms with Crippen molar-refractivity contribution in [2.75, 3.05) is 55.9 Å². The molecular weight excluding hydrogens is 563 g/mol. The Morgan fingerprint density at radius 3 is 2.34 bits per heavy atom. The van der Waals surface area contributed by atoms with Crippen molar-refractivity contribution in [1.29, 1.82) is 0 Å². The van der Waals surface area contributed by atoms with E-state index in [0.717, 1.165) is 22.3 Å². The summed E-state index contributed by atoms with van der Waals surface area (Å²) in [5.41, 5.74) is 3.91. The maximum Gasteiger partial charge on any atom is 0.323 e. The Bertz CT molecular complexity index is 1830. The van der Waals surface area contributed by atoms with Crippen LogP contribution in [0.3, 0.4) is 0 Å². The summed E-state index contributed by atoms with van der Waals surface area (Å²) < 4.78 is 20.9. The van der Waals surface area contributed by atoms with E-state index in [1.807, 2.05) is 24.3 Å². The maximum atomic E-state index is 15.3. The summed E-state index contributed by atoms with van der Waals surface area (Å²) in [6, 6.07) is 18.1. The minimum absolute atomic E-state index is 0.00711. The molecule has 1 aliphatic rings. The van der Waals surface area contributed by atoms with Gasteiger partial charge in [0.1, 0.15) is 11.6 Å². The highest BCUT2D eigenvalue weighted by Crippen LogP contribution is 2.32. The van der Waals surface area contributed by atoms with Gasteiger partial charge in [0, 0.05) is 54.9 Å². The van der Waals surface area contributed by atoms with Crippen LogP contribution in [-0.4, -0.2) is 77.4 Å². The van der Waals surface area contributed by atoms with Crippen molar-refractivity contribution in [3.8, 4) is 22.5 Å². The van der Waals surface area contributed by atoms with E-state index in [1.165, 1.54) is 17.0 Å². The fourth-order valence-electron chi connectivity index (χ4n) is 4.89. The van der Waals surface area contributed by atoms with Crippen molar-refractivity contribution in [1.82, 2.24) is 25.1 Å². The zero-order valence-electron chi connectivity index (χ0n) is 24.1. The summed E-state index contributed by atoms with van der Waals surface area (Å²) in [6.07, 6.45) is 3.32. The van der Waals surface area contributed by atoms with Crippen LogP contribution in [0.15, 0.2) is 79.1 Å². The van der Waals surface area contributed by atoms with Gasteiger partial charge in [-0.05, 0) is 66.2 Å². The van der Waals surface area contributed by atoms with Crippen LogP contribution in [0.4, 0.5) is 26.4 Å². The number of urea groups is 1. The first-order valence-corrected chi connectivity index (χ1v) is 14.0. The van der Waals surface area contributed by atoms with Gasteiger partial charge in [0.25, 0.3) is 5.91 Å². The molecule has 6 rings (SSSR count). The van der Waals surface area contributed by atoms with E-state index in [-0.39, 0.29) is 11.6 Å². The van der Waals surface area contributed by atoms with Crippen molar-refractivity contribution >= 4 is 40.0 Å². The van der Waals surface area contributed by atoms with E-state index in [1.54, 1.807) is 56.8 Å². The minimum Gasteiger partial charge on any atom is -0.378 e. The molecule has 3 heterocycles. The molecule has 11 nitrogen and oxygen atoms in total. The Kier molecular flexibility index (Phi) is 8.06. The maximum absolute atomic E-state index is 15.3. The van der Waals surface area contributed by atoms with Crippen molar-refractivity contribution in [3.63, 3.8) is 0 Å². The highest BCUT2D eigenvalue weighted by Gasteiger charge is 2.19. The van der Waals surface area contributed by atoms with Crippen LogP contribution in [0.25, 0.3) is 33.4 Å². The van der Waals surface area contributed by atoms with Crippen molar-refractivity contribution in [2.24, 2.45) is 0 Å². The van der Waals surface area contributed by atoms with Crippen LogP contribution in [-0.2, 0) is 4.74 Å². The second-order valence-electron chi connectivity index (χ2n) is 10.4. The number of nitrogens with zero attached hydrogens (tertiary/aromatic N) is 6. The van der Waals surface area contributed by atoms with Gasteiger partial charge in [0.15, 0.2) is 5.82 Å². The molecule has 44 heavy (non-hydrogen) atoms. The zero-order valence-corrected chi connectivity index (χ0v) is 24.1. The second kappa shape index (κ2) is 12.4. The number of carbonyl (C=O) groups excluding carboxylic acids is 2. The normalized spacial score (nSPS) is 13.0. The monoisotopic (exact) mass is 592 g/mol. The standard InChI is InChI=1S/C32H29FN8O3/c1-40(2)31(42)20-3-7-24(8-4-20)36-32(43)38-27-10-6-22(17-26(27)33)29-37-28-18-21(23-11-12-34-35-19-23)5-9-25(28)30(39-29)41-13-15-44-16-14-41/h3-12,17-19H,13-16H2,1-2H3,(H2,36,38,43). The molecule has 222 valence electrons. The van der Waals surface area contributed by atoms with E-state index in [2.05, 4.69) is 25.7 Å². The molecule has 2 aromatic heterocycles. The molecule has 12 heteroatoms. The summed E-state index contributed by atoms with van der Waals surface area (Å²) in [7, 11) is 3.32. The molecule has 3 amide bonds. The van der Waals surface area contributed by atoms with Gasteiger partial charge in [-0.25, -0.2) is 19.2 Å². The number of aromatic nitrogens is 4. The summed E-state index contributed by atoms with van der Waals surface area (Å²) >= 11 is 0. The molecule has 0 spiro atoms. The largest absolute Gasteiger partial charge is 0.378 e. The van der Waals surface area contributed by atoms with Gasteiger partial charge in [-0.2, -0.15) is 10.2 Å². The molecular formula is C32H29FN8O3. The van der Waals surface area contributed by atoms with Gasteiger partial charge < -0.3 is 25.2 Å². The average molecular weight is 593 g/mol. The first-order valence-electron chi connectivity index (χ1n) is 14.0. The van der Waals surface area contributed by atoms with Crippen LogP contribution in [0.5, 0.6) is 0 Å². The predicted octanol–water partition coefficient (Wildman–Crippen LogP) is 5.08. The average Bonchev–Trinajstić information content (AvgIpc) is 3.05. The smallest absolute Gasteiger partial charge is 0.323 e. The van der Waals surface area contributed by atoms with Crippen molar-refractivity contribution in [3.05, 3.63) is 90.5 Å². The summed E-state index contributed by atoms with van der Waals surface area (Å²) in [6.45, 7) is 2.50. The molecule has 0 aliphatic carbocycles. The van der Waals surface area contributed by atoms with Crippen LogP contribution in [0.2, 0.25) is 0 Å². The number of nitrogens with one attached hydrogen (secondary N) is 2. The number of rotatable bonds is 6. The summed E-state index contributed by atoms with van der Waals surface area (Å²) in [4.78, 5) is 38.0. The molecule has 0 unspecified atom stereocenters. The molecule has 3 aromatic carbocycles. The van der Waals surface area contributed by atoms with E-state index < -0.39 is 11.8 Å². The molecule has 0 bridgehead atoms. The number of amides is 3. The van der Waals surface area contributed by atoms with Crippen molar-refractivity contribution in [2.45, 2.75) is 0 Å². The molecule has 1 saturated heterocycles. The van der Waals surface area contributed by atoms with Crippen molar-refractivity contribution < 1.29 is 18.7 Å². The highest BCUT2D eigenvalue weighted by molar-refractivity contribution is 6.01. The lowest BCUT2D eigenvalue weighted by molar-refractivity contribution is 0.0827. The van der Waals surface area contributed by atoms with E-state index >= 15 is 4.39 Å². The lowest BCUT2D eigenvalue weighted by atomic mass is 10.1. The highest BCUT2D eigenvalue weighted by atomic mass is 19.1. The van der Waals surface area contributed by atoms with Gasteiger partial charge in [-0.15, -0.1) is 0 Å². The van der Waals surface area contributed by atoms with Gasteiger partial charge in [0.2, 0.25) is 0 Å². The molecule has 5 aromatic rings. The predicted molar refractivity (Wildman–Crippen MR) is 166 cm³/mol. The van der Waals surface area contributed by atoms with Crippen LogP contribution in [0, 0.1) is 5.82 Å². The fourth-order valence-corrected chi connectivity index (χ4v) is 4.89. The zero-order chi connectivity index (χ0) is 30.6. The third-order valence-electron chi connectivity index (χ3n) is 7.18. The Morgan fingerprint density at radius 2 is 1.64 bits per heavy atom. The lowest BCUT2D eigenvalue weighted by Gasteiger charge is -2.29. The molecule has 1 aliphatic heterocycles. The molecule has 0 saturated carbocycles. The quantitative estimate of drug-likeness (QED) is 0.280. The molecule has 0 radical (unpaired) electrons. The van der Waals surface area contributed by atoms with Crippen LogP contribution < -0.4 is 15.5 Å². The molecule has 1 fully saturated rings. The van der Waals surface area contributed by atoms with Gasteiger partial charge in [0.05, 0.1) is 36.8 Å². The minimum atomic E-state index is -0.641. The topological polar surface area (TPSA) is 125 Å². The summed E-state index contributed by atoms with van der Waals surface area (Å²) in [5, 5.41) is 13.9. The van der Waals surface area contributed by atoms with E-state index in [0.29, 0.717) is 54.5 Å². The number of benzene rings is 3. The lowest BCUT2D eigenvalue weighted by Crippen LogP contribution is -2.37. The first-order chi connectivity index (χ1) is 21.4. The summed E-state index contributed by atoms with van der Waals surface area (Å²) in [5.74, 6) is 0.305. The van der Waals surface area contributed by atoms with Gasteiger partial charge in [-0.3, -0.25) is 4.79 Å². The number of fused-ring (bicyclic) bond motifs is 1. The Hall–Kier alpha value is -5.49. The Labute approximate surface area is 252 Å². The van der Waals surface area contributed by atoms with E-state index in [9.17, 15) is 9.59 Å². The number of ether oxygens (including phenoxy) is 1. The van der Waals surface area contributed by atoms with E-state index in [4.69, 9.17) is 14.7 Å². The SMILES string of the molecule is CN(C)C(=O)c1ccc(NC(=O)Nc2ccc(-c3nc(N4CCOCC4)c4ccc(-c5ccnnc5)cc4n3)cc2F)cc1.